The minimum atomic E-state index is -0.297. The van der Waals surface area contributed by atoms with Crippen molar-refractivity contribution in [3.63, 3.8) is 0 Å². The maximum Gasteiger partial charge on any atom is 0.289 e. The maximum absolute atomic E-state index is 12.6. The Hall–Kier alpha value is -2.31. The second-order valence-corrected chi connectivity index (χ2v) is 6.87. The van der Waals surface area contributed by atoms with Gasteiger partial charge in [0.15, 0.2) is 5.76 Å². The number of hydrogen-bond donors (Lipinski definition) is 1. The molecule has 1 N–H and O–H groups in total. The molecule has 138 valence electrons. The number of carbonyl (C=O) groups excluding carboxylic acids is 2. The third-order valence-corrected chi connectivity index (χ3v) is 4.95. The number of furan rings is 1. The van der Waals surface area contributed by atoms with Crippen LogP contribution >= 0.6 is 11.6 Å². The molecule has 0 saturated carbocycles. The van der Waals surface area contributed by atoms with Crippen molar-refractivity contribution in [2.24, 2.45) is 0 Å². The summed E-state index contributed by atoms with van der Waals surface area (Å²) in [4.78, 5) is 28.7. The van der Waals surface area contributed by atoms with Crippen molar-refractivity contribution in [1.82, 2.24) is 9.80 Å². The topological polar surface area (TPSA) is 65.8 Å². The van der Waals surface area contributed by atoms with E-state index in [1.165, 1.54) is 6.26 Å². The summed E-state index contributed by atoms with van der Waals surface area (Å²) < 4.78 is 5.17. The Labute approximate surface area is 157 Å². The highest BCUT2D eigenvalue weighted by molar-refractivity contribution is 6.31. The van der Waals surface area contributed by atoms with Crippen molar-refractivity contribution < 1.29 is 14.0 Å². The van der Waals surface area contributed by atoms with Gasteiger partial charge < -0.3 is 14.6 Å². The first-order valence-electron chi connectivity index (χ1n) is 8.59. The molecular weight excluding hydrogens is 354 g/mol. The average Bonchev–Trinajstić information content (AvgIpc) is 3.18. The van der Waals surface area contributed by atoms with Crippen molar-refractivity contribution in [3.05, 3.63) is 52.9 Å². The van der Waals surface area contributed by atoms with Crippen molar-refractivity contribution >= 4 is 29.1 Å². The summed E-state index contributed by atoms with van der Waals surface area (Å²) in [6, 6.07) is 8.49. The van der Waals surface area contributed by atoms with Gasteiger partial charge in [0.1, 0.15) is 0 Å². The third-order valence-electron chi connectivity index (χ3n) is 4.72. The van der Waals surface area contributed by atoms with E-state index in [2.05, 4.69) is 10.2 Å². The van der Waals surface area contributed by atoms with E-state index in [1.54, 1.807) is 29.2 Å². The fourth-order valence-corrected chi connectivity index (χ4v) is 3.17. The Kier molecular flexibility index (Phi) is 5.64. The molecule has 6 nitrogen and oxygen atoms in total. The van der Waals surface area contributed by atoms with Crippen molar-refractivity contribution in [2.45, 2.75) is 19.9 Å². The SMILES string of the molecule is Cc1ccc(Cl)cc1NC(=O)[C@H](C)N1CCN(C(=O)c2ccco2)CC1. The van der Waals surface area contributed by atoms with Gasteiger partial charge in [-0.25, -0.2) is 0 Å². The second-order valence-electron chi connectivity index (χ2n) is 6.43. The van der Waals surface area contributed by atoms with Gasteiger partial charge in [-0.15, -0.1) is 0 Å². The summed E-state index contributed by atoms with van der Waals surface area (Å²) in [5.74, 6) is 0.156. The van der Waals surface area contributed by atoms with E-state index in [0.717, 1.165) is 11.3 Å². The number of amides is 2. The van der Waals surface area contributed by atoms with Crippen LogP contribution in [0.3, 0.4) is 0 Å². The molecule has 2 amide bonds. The summed E-state index contributed by atoms with van der Waals surface area (Å²) in [6.45, 7) is 6.20. The van der Waals surface area contributed by atoms with E-state index < -0.39 is 0 Å². The van der Waals surface area contributed by atoms with Gasteiger partial charge >= 0.3 is 0 Å². The molecule has 3 rings (SSSR count). The molecule has 1 fully saturated rings. The van der Waals surface area contributed by atoms with E-state index in [1.807, 2.05) is 19.9 Å². The fraction of sp³-hybridized carbons (Fsp3) is 0.368. The summed E-state index contributed by atoms with van der Waals surface area (Å²) in [5, 5.41) is 3.53. The first-order chi connectivity index (χ1) is 12.5. The molecular formula is C19H22ClN3O3. The van der Waals surface area contributed by atoms with Crippen LogP contribution in [0.15, 0.2) is 41.0 Å². The fourth-order valence-electron chi connectivity index (χ4n) is 3.00. The van der Waals surface area contributed by atoms with Gasteiger partial charge in [0.2, 0.25) is 5.91 Å². The number of carbonyl (C=O) groups is 2. The molecule has 1 aromatic heterocycles. The Bertz CT molecular complexity index is 783. The van der Waals surface area contributed by atoms with E-state index in [0.29, 0.717) is 37.0 Å². The normalized spacial score (nSPS) is 16.3. The molecule has 1 saturated heterocycles. The van der Waals surface area contributed by atoms with Crippen LogP contribution in [0.5, 0.6) is 0 Å². The van der Waals surface area contributed by atoms with Gasteiger partial charge in [-0.3, -0.25) is 14.5 Å². The van der Waals surface area contributed by atoms with Gasteiger partial charge in [-0.2, -0.15) is 0 Å². The van der Waals surface area contributed by atoms with Crippen LogP contribution in [0.2, 0.25) is 5.02 Å². The van der Waals surface area contributed by atoms with E-state index >= 15 is 0 Å². The zero-order valence-corrected chi connectivity index (χ0v) is 15.6. The molecule has 0 spiro atoms. The van der Waals surface area contributed by atoms with E-state index in [-0.39, 0.29) is 17.9 Å². The van der Waals surface area contributed by atoms with Crippen molar-refractivity contribution in [1.29, 1.82) is 0 Å². The summed E-state index contributed by atoms with van der Waals surface area (Å²) >= 11 is 6.01. The molecule has 2 aromatic rings. The Balaban J connectivity index is 1.56. The van der Waals surface area contributed by atoms with Gasteiger partial charge in [-0.05, 0) is 43.7 Å². The number of nitrogens with one attached hydrogen (secondary N) is 1. The summed E-state index contributed by atoms with van der Waals surface area (Å²) in [7, 11) is 0. The van der Waals surface area contributed by atoms with Crippen LogP contribution < -0.4 is 5.32 Å². The van der Waals surface area contributed by atoms with Crippen LogP contribution in [0.4, 0.5) is 5.69 Å². The molecule has 2 heterocycles. The van der Waals surface area contributed by atoms with Crippen LogP contribution in [0.1, 0.15) is 23.0 Å². The number of rotatable bonds is 4. The lowest BCUT2D eigenvalue weighted by molar-refractivity contribution is -0.121. The Morgan fingerprint density at radius 1 is 1.19 bits per heavy atom. The summed E-state index contributed by atoms with van der Waals surface area (Å²) in [6.07, 6.45) is 1.49. The molecule has 7 heteroatoms. The number of hydrogen-bond acceptors (Lipinski definition) is 4. The quantitative estimate of drug-likeness (QED) is 0.892. The molecule has 26 heavy (non-hydrogen) atoms. The minimum Gasteiger partial charge on any atom is -0.459 e. The van der Waals surface area contributed by atoms with Crippen LogP contribution in [-0.4, -0.2) is 53.8 Å². The highest BCUT2D eigenvalue weighted by atomic mass is 35.5. The van der Waals surface area contributed by atoms with E-state index in [9.17, 15) is 9.59 Å². The van der Waals surface area contributed by atoms with Crippen molar-refractivity contribution in [2.75, 3.05) is 31.5 Å². The Morgan fingerprint density at radius 2 is 1.92 bits per heavy atom. The molecule has 1 aliphatic rings. The number of benzene rings is 1. The first-order valence-corrected chi connectivity index (χ1v) is 8.97. The molecule has 1 atom stereocenters. The van der Waals surface area contributed by atoms with E-state index in [4.69, 9.17) is 16.0 Å². The van der Waals surface area contributed by atoms with Crippen LogP contribution in [0.25, 0.3) is 0 Å². The van der Waals surface area contributed by atoms with Gasteiger partial charge in [0, 0.05) is 36.9 Å². The third kappa shape index (κ3) is 4.08. The number of aryl methyl sites for hydroxylation is 1. The number of anilines is 1. The largest absolute Gasteiger partial charge is 0.459 e. The molecule has 0 bridgehead atoms. The standard InChI is InChI=1S/C19H22ClN3O3/c1-13-5-6-15(20)12-16(13)21-18(24)14(2)22-7-9-23(10-8-22)19(25)17-4-3-11-26-17/h3-6,11-12,14H,7-10H2,1-2H3,(H,21,24)/t14-/m0/s1. The van der Waals surface area contributed by atoms with Crippen LogP contribution in [-0.2, 0) is 4.79 Å². The number of nitrogens with zero attached hydrogens (tertiary/aromatic N) is 2. The Morgan fingerprint density at radius 3 is 2.58 bits per heavy atom. The monoisotopic (exact) mass is 375 g/mol. The average molecular weight is 376 g/mol. The molecule has 1 aliphatic heterocycles. The molecule has 0 unspecified atom stereocenters. The molecule has 0 radical (unpaired) electrons. The predicted molar refractivity (Wildman–Crippen MR) is 100 cm³/mol. The zero-order chi connectivity index (χ0) is 18.7. The first kappa shape index (κ1) is 18.5. The van der Waals surface area contributed by atoms with Gasteiger partial charge in [0.05, 0.1) is 12.3 Å². The lowest BCUT2D eigenvalue weighted by Gasteiger charge is -2.37. The lowest BCUT2D eigenvalue weighted by atomic mass is 10.1. The minimum absolute atomic E-state index is 0.0822. The smallest absolute Gasteiger partial charge is 0.289 e. The highest BCUT2D eigenvalue weighted by Crippen LogP contribution is 2.21. The van der Waals surface area contributed by atoms with Crippen LogP contribution in [0, 0.1) is 6.92 Å². The van der Waals surface area contributed by atoms with Gasteiger partial charge in [0.25, 0.3) is 5.91 Å². The maximum atomic E-state index is 12.6. The zero-order valence-electron chi connectivity index (χ0n) is 14.9. The molecule has 1 aromatic carbocycles. The highest BCUT2D eigenvalue weighted by Gasteiger charge is 2.28. The molecule has 0 aliphatic carbocycles. The lowest BCUT2D eigenvalue weighted by Crippen LogP contribution is -2.54. The number of piperazine rings is 1. The van der Waals surface area contributed by atoms with Crippen molar-refractivity contribution in [3.8, 4) is 0 Å². The second kappa shape index (κ2) is 7.93. The predicted octanol–water partition coefficient (Wildman–Crippen LogP) is 3.03. The summed E-state index contributed by atoms with van der Waals surface area (Å²) in [5.41, 5.74) is 1.68. The number of halogens is 1. The van der Waals surface area contributed by atoms with Gasteiger partial charge in [-0.1, -0.05) is 17.7 Å².